The summed E-state index contributed by atoms with van der Waals surface area (Å²) in [6, 6.07) is 10.4. The van der Waals surface area contributed by atoms with Crippen molar-refractivity contribution in [2.75, 3.05) is 39.8 Å². The molecule has 1 aromatic heterocycles. The van der Waals surface area contributed by atoms with Crippen LogP contribution in [-0.2, 0) is 30.7 Å². The summed E-state index contributed by atoms with van der Waals surface area (Å²) in [6.07, 6.45) is 2.27. The standard InChI is InChI=1S/C22H30N2O8S/c1-22(21(26)23-27,33(3,28)29)9-11-24-10-8-18(16-20(24)25)17-4-6-19(7-5-17)32-15-14-31-13-12-30-2/h4-8,10,16,27H,9,11-15H2,1-3H3,(H,23,26)/t22-/m1/s1. The first kappa shape index (κ1) is 26.5. The molecule has 0 saturated carbocycles. The molecule has 0 unspecified atom stereocenters. The first-order valence-electron chi connectivity index (χ1n) is 10.3. The van der Waals surface area contributed by atoms with E-state index in [1.807, 2.05) is 12.1 Å². The Morgan fingerprint density at radius 1 is 1.09 bits per heavy atom. The molecule has 33 heavy (non-hydrogen) atoms. The number of amides is 1. The Labute approximate surface area is 193 Å². The van der Waals surface area contributed by atoms with Gasteiger partial charge in [0.2, 0.25) is 0 Å². The number of hydrogen-bond acceptors (Lipinski definition) is 8. The summed E-state index contributed by atoms with van der Waals surface area (Å²) in [6.45, 7) is 3.08. The van der Waals surface area contributed by atoms with E-state index in [1.54, 1.807) is 31.5 Å². The van der Waals surface area contributed by atoms with Gasteiger partial charge in [0.05, 0.1) is 19.8 Å². The quantitative estimate of drug-likeness (QED) is 0.248. The Morgan fingerprint density at radius 2 is 1.76 bits per heavy atom. The maximum Gasteiger partial charge on any atom is 0.264 e. The van der Waals surface area contributed by atoms with Crippen molar-refractivity contribution in [3.05, 3.63) is 52.9 Å². The Morgan fingerprint density at radius 3 is 2.33 bits per heavy atom. The Bertz CT molecular complexity index is 1080. The van der Waals surface area contributed by atoms with E-state index < -0.39 is 20.5 Å². The third kappa shape index (κ3) is 7.13. The van der Waals surface area contributed by atoms with Crippen LogP contribution in [0.3, 0.4) is 0 Å². The van der Waals surface area contributed by atoms with Crippen LogP contribution in [0.1, 0.15) is 13.3 Å². The van der Waals surface area contributed by atoms with Gasteiger partial charge in [0.15, 0.2) is 14.6 Å². The molecule has 1 aromatic carbocycles. The highest BCUT2D eigenvalue weighted by Gasteiger charge is 2.43. The summed E-state index contributed by atoms with van der Waals surface area (Å²) in [5, 5.41) is 8.91. The number of methoxy groups -OCH3 is 1. The first-order valence-corrected chi connectivity index (χ1v) is 12.2. The largest absolute Gasteiger partial charge is 0.491 e. The lowest BCUT2D eigenvalue weighted by molar-refractivity contribution is -0.131. The highest BCUT2D eigenvalue weighted by atomic mass is 32.2. The number of aryl methyl sites for hydroxylation is 1. The molecule has 1 atom stereocenters. The third-order valence-corrected chi connectivity index (χ3v) is 7.37. The number of ether oxygens (including phenoxy) is 3. The van der Waals surface area contributed by atoms with Gasteiger partial charge in [-0.05, 0) is 42.7 Å². The maximum atomic E-state index is 12.6. The molecule has 2 aromatic rings. The fourth-order valence-corrected chi connectivity index (χ4v) is 3.84. The van der Waals surface area contributed by atoms with Gasteiger partial charge >= 0.3 is 0 Å². The zero-order chi connectivity index (χ0) is 24.5. The van der Waals surface area contributed by atoms with Gasteiger partial charge in [-0.2, -0.15) is 0 Å². The molecule has 1 heterocycles. The van der Waals surface area contributed by atoms with Gasteiger partial charge in [0.1, 0.15) is 12.4 Å². The number of nitrogens with zero attached hydrogens (tertiary/aromatic N) is 1. The number of carbonyl (C=O) groups excluding carboxylic acids is 1. The van der Waals surface area contributed by atoms with Crippen molar-refractivity contribution in [2.45, 2.75) is 24.6 Å². The van der Waals surface area contributed by atoms with E-state index in [0.29, 0.717) is 37.7 Å². The second-order valence-corrected chi connectivity index (χ2v) is 10.1. The fourth-order valence-electron chi connectivity index (χ4n) is 3.00. The molecule has 0 fully saturated rings. The van der Waals surface area contributed by atoms with E-state index in [2.05, 4.69) is 0 Å². The van der Waals surface area contributed by atoms with Gasteiger partial charge in [-0.1, -0.05) is 12.1 Å². The number of aromatic nitrogens is 1. The minimum Gasteiger partial charge on any atom is -0.491 e. The predicted octanol–water partition coefficient (Wildman–Crippen LogP) is 1.26. The smallest absolute Gasteiger partial charge is 0.264 e. The molecule has 0 spiro atoms. The van der Waals surface area contributed by atoms with Gasteiger partial charge in [0.25, 0.3) is 11.5 Å². The number of benzene rings is 1. The Kier molecular flexibility index (Phi) is 9.59. The van der Waals surface area contributed by atoms with Crippen molar-refractivity contribution in [3.63, 3.8) is 0 Å². The van der Waals surface area contributed by atoms with Crippen LogP contribution in [0, 0.1) is 0 Å². The van der Waals surface area contributed by atoms with E-state index in [4.69, 9.17) is 19.4 Å². The van der Waals surface area contributed by atoms with E-state index in [0.717, 1.165) is 11.8 Å². The van der Waals surface area contributed by atoms with Crippen LogP contribution in [0.5, 0.6) is 5.75 Å². The summed E-state index contributed by atoms with van der Waals surface area (Å²) in [5.74, 6) is -0.372. The summed E-state index contributed by atoms with van der Waals surface area (Å²) in [7, 11) is -2.23. The van der Waals surface area contributed by atoms with Gasteiger partial charge < -0.3 is 18.8 Å². The number of carbonyl (C=O) groups is 1. The lowest BCUT2D eigenvalue weighted by Gasteiger charge is -2.25. The average molecular weight is 483 g/mol. The number of hydroxylamine groups is 1. The highest BCUT2D eigenvalue weighted by molar-refractivity contribution is 7.92. The van der Waals surface area contributed by atoms with E-state index in [-0.39, 0.29) is 18.5 Å². The molecule has 1 amide bonds. The summed E-state index contributed by atoms with van der Waals surface area (Å²) >= 11 is 0. The molecular formula is C22H30N2O8S. The molecular weight excluding hydrogens is 452 g/mol. The molecule has 0 aliphatic rings. The normalized spacial score (nSPS) is 13.3. The molecule has 0 saturated heterocycles. The van der Waals surface area contributed by atoms with Crippen LogP contribution in [0.15, 0.2) is 47.4 Å². The van der Waals surface area contributed by atoms with Crippen molar-refractivity contribution in [3.8, 4) is 16.9 Å². The van der Waals surface area contributed by atoms with Crippen LogP contribution in [0.4, 0.5) is 0 Å². The minimum absolute atomic E-state index is 0.0185. The van der Waals surface area contributed by atoms with Crippen molar-refractivity contribution in [1.29, 1.82) is 0 Å². The monoisotopic (exact) mass is 482 g/mol. The van der Waals surface area contributed by atoms with Crippen molar-refractivity contribution < 1.29 is 32.6 Å². The van der Waals surface area contributed by atoms with Crippen LogP contribution in [0.25, 0.3) is 11.1 Å². The highest BCUT2D eigenvalue weighted by Crippen LogP contribution is 2.23. The second kappa shape index (κ2) is 11.9. The Balaban J connectivity index is 2.02. The number of rotatable bonds is 13. The van der Waals surface area contributed by atoms with Gasteiger partial charge in [0, 0.05) is 32.2 Å². The van der Waals surface area contributed by atoms with Crippen LogP contribution in [-0.4, -0.2) is 68.6 Å². The molecule has 11 heteroatoms. The Hall–Kier alpha value is -2.73. The number of hydrogen-bond donors (Lipinski definition) is 2. The molecule has 2 N–H and O–H groups in total. The van der Waals surface area contributed by atoms with E-state index in [1.165, 1.54) is 23.0 Å². The van der Waals surface area contributed by atoms with E-state index in [9.17, 15) is 18.0 Å². The summed E-state index contributed by atoms with van der Waals surface area (Å²) in [4.78, 5) is 24.5. The second-order valence-electron chi connectivity index (χ2n) is 7.62. The first-order chi connectivity index (χ1) is 15.6. The predicted molar refractivity (Wildman–Crippen MR) is 122 cm³/mol. The molecule has 182 valence electrons. The van der Waals surface area contributed by atoms with Crippen molar-refractivity contribution in [1.82, 2.24) is 10.0 Å². The van der Waals surface area contributed by atoms with Crippen LogP contribution in [0.2, 0.25) is 0 Å². The summed E-state index contributed by atoms with van der Waals surface area (Å²) < 4.78 is 39.4. The summed E-state index contributed by atoms with van der Waals surface area (Å²) in [5.41, 5.74) is 2.54. The number of nitrogens with one attached hydrogen (secondary N) is 1. The molecule has 0 aliphatic heterocycles. The van der Waals surface area contributed by atoms with Crippen LogP contribution < -0.4 is 15.8 Å². The van der Waals surface area contributed by atoms with Gasteiger partial charge in [-0.15, -0.1) is 0 Å². The molecule has 0 radical (unpaired) electrons. The maximum absolute atomic E-state index is 12.6. The SMILES string of the molecule is COCCOCCOc1ccc(-c2ccn(CC[C@](C)(C(=O)NO)S(C)(=O)=O)c(=O)c2)cc1. The van der Waals surface area contributed by atoms with Gasteiger partial charge in [-0.3, -0.25) is 14.8 Å². The van der Waals surface area contributed by atoms with Crippen molar-refractivity contribution in [2.24, 2.45) is 0 Å². The average Bonchev–Trinajstić information content (AvgIpc) is 2.79. The fraction of sp³-hybridized carbons (Fsp3) is 0.455. The van der Waals surface area contributed by atoms with E-state index >= 15 is 0 Å². The third-order valence-electron chi connectivity index (χ3n) is 5.34. The minimum atomic E-state index is -3.84. The number of sulfone groups is 1. The number of pyridine rings is 1. The lowest BCUT2D eigenvalue weighted by Crippen LogP contribution is -2.49. The lowest BCUT2D eigenvalue weighted by atomic mass is 10.1. The molecule has 10 nitrogen and oxygen atoms in total. The van der Waals surface area contributed by atoms with Gasteiger partial charge in [-0.25, -0.2) is 13.9 Å². The van der Waals surface area contributed by atoms with Crippen LogP contribution >= 0.6 is 0 Å². The zero-order valence-electron chi connectivity index (χ0n) is 18.9. The topological polar surface area (TPSA) is 133 Å². The molecule has 0 aliphatic carbocycles. The van der Waals surface area contributed by atoms with Crippen molar-refractivity contribution >= 4 is 15.7 Å². The molecule has 2 rings (SSSR count). The zero-order valence-corrected chi connectivity index (χ0v) is 19.8. The molecule has 0 bridgehead atoms.